The Hall–Kier alpha value is -3.81. The molecule has 8 nitrogen and oxygen atoms in total. The number of aliphatic hydroxyl groups is 1. The number of aryl methyl sites for hydroxylation is 1. The second-order valence-corrected chi connectivity index (χ2v) is 7.59. The maximum atomic E-state index is 13.2. The number of aromatic amines is 1. The van der Waals surface area contributed by atoms with Crippen molar-refractivity contribution in [2.24, 2.45) is 0 Å². The summed E-state index contributed by atoms with van der Waals surface area (Å²) in [7, 11) is 0. The highest BCUT2D eigenvalue weighted by atomic mass is 16.5. The molecule has 0 bridgehead atoms. The van der Waals surface area contributed by atoms with Crippen molar-refractivity contribution in [1.82, 2.24) is 9.88 Å². The molecule has 2 N–H and O–H groups in total. The molecule has 1 atom stereocenters. The molecule has 166 valence electrons. The number of hydrogen-bond donors (Lipinski definition) is 2. The number of furan rings is 1. The third kappa shape index (κ3) is 4.30. The molecule has 0 saturated heterocycles. The molecule has 0 saturated carbocycles. The summed E-state index contributed by atoms with van der Waals surface area (Å²) in [6.45, 7) is 3.62. The molecule has 0 aliphatic carbocycles. The molecule has 32 heavy (non-hydrogen) atoms. The van der Waals surface area contributed by atoms with E-state index in [0.29, 0.717) is 37.4 Å². The Morgan fingerprint density at radius 2 is 2.19 bits per heavy atom. The van der Waals surface area contributed by atoms with Crippen molar-refractivity contribution in [2.45, 2.75) is 32.4 Å². The Bertz CT molecular complexity index is 1100. The van der Waals surface area contributed by atoms with Gasteiger partial charge in [0.15, 0.2) is 11.5 Å². The minimum atomic E-state index is -0.735. The molecule has 1 aromatic carbocycles. The first kappa shape index (κ1) is 21.4. The van der Waals surface area contributed by atoms with E-state index >= 15 is 0 Å². The average Bonchev–Trinajstić information content (AvgIpc) is 3.56. The van der Waals surface area contributed by atoms with Crippen LogP contribution in [0.2, 0.25) is 0 Å². The lowest BCUT2D eigenvalue weighted by molar-refractivity contribution is -0.695. The highest BCUT2D eigenvalue weighted by Gasteiger charge is 2.44. The lowest BCUT2D eigenvalue weighted by Crippen LogP contribution is -2.36. The summed E-state index contributed by atoms with van der Waals surface area (Å²) in [6, 6.07) is 9.69. The fraction of sp³-hybridized carbons (Fsp3) is 0.292. The standard InChI is InChI=1S/C24H25N3O5/c1-2-13-31-18-7-3-6-17(15-18)21-20(22(28)19-8-4-14-32-19)23(29)24(30)27(21)11-5-10-26-12-9-25-16-26/h3-4,6-9,12,14-16,21H,2,5,10-11,13H2,1H3,(H,28,29)/p+1. The van der Waals surface area contributed by atoms with Crippen LogP contribution in [-0.2, 0) is 11.3 Å². The molecule has 1 amide bonds. The second-order valence-electron chi connectivity index (χ2n) is 7.59. The highest BCUT2D eigenvalue weighted by molar-refractivity contribution is 6.15. The number of hydrogen-bond acceptors (Lipinski definition) is 5. The van der Waals surface area contributed by atoms with Crippen LogP contribution in [0.3, 0.4) is 0 Å². The first-order chi connectivity index (χ1) is 15.6. The van der Waals surface area contributed by atoms with Crippen LogP contribution < -0.4 is 9.30 Å². The number of amides is 1. The number of imidazole rings is 1. The number of carbonyl (C=O) groups excluding carboxylic acids is 2. The Labute approximate surface area is 185 Å². The number of aliphatic hydroxyl groups excluding tert-OH is 1. The quantitative estimate of drug-likeness (QED) is 0.375. The Morgan fingerprint density at radius 3 is 2.91 bits per heavy atom. The van der Waals surface area contributed by atoms with E-state index in [-0.39, 0.29) is 11.3 Å². The van der Waals surface area contributed by atoms with Crippen molar-refractivity contribution in [2.75, 3.05) is 13.2 Å². The van der Waals surface area contributed by atoms with E-state index in [1.165, 1.54) is 17.2 Å². The third-order valence-electron chi connectivity index (χ3n) is 5.36. The zero-order chi connectivity index (χ0) is 22.5. The van der Waals surface area contributed by atoms with Crippen LogP contribution in [-0.4, -0.2) is 39.8 Å². The monoisotopic (exact) mass is 436 g/mol. The topological polar surface area (TPSA) is 99.7 Å². The van der Waals surface area contributed by atoms with Gasteiger partial charge in [-0.3, -0.25) is 14.6 Å². The number of rotatable bonds is 10. The van der Waals surface area contributed by atoms with Crippen LogP contribution in [0.25, 0.3) is 0 Å². The number of nitrogens with zero attached hydrogens (tertiary/aromatic N) is 2. The summed E-state index contributed by atoms with van der Waals surface area (Å²) in [5.74, 6) is -0.883. The van der Waals surface area contributed by atoms with Gasteiger partial charge in [0, 0.05) is 13.0 Å². The van der Waals surface area contributed by atoms with Gasteiger partial charge in [-0.25, -0.2) is 4.57 Å². The first-order valence-corrected chi connectivity index (χ1v) is 10.7. The maximum Gasteiger partial charge on any atom is 0.290 e. The maximum absolute atomic E-state index is 13.2. The SMILES string of the molecule is CCCOc1cccc(C2C(C(=O)c3ccco3)=C(O)C(=O)N2CCC[n+]2cc[nH]c2)c1. The van der Waals surface area contributed by atoms with Gasteiger partial charge in [-0.1, -0.05) is 19.1 Å². The summed E-state index contributed by atoms with van der Waals surface area (Å²) in [6.07, 6.45) is 8.45. The molecule has 1 aliphatic heterocycles. The fourth-order valence-corrected chi connectivity index (χ4v) is 3.88. The van der Waals surface area contributed by atoms with Gasteiger partial charge in [0.25, 0.3) is 5.91 Å². The number of Topliss-reactive ketones (excluding diaryl/α,β-unsaturated/α-hetero) is 1. The molecule has 0 fully saturated rings. The van der Waals surface area contributed by atoms with E-state index in [1.54, 1.807) is 6.07 Å². The van der Waals surface area contributed by atoms with Gasteiger partial charge >= 0.3 is 0 Å². The lowest BCUT2D eigenvalue weighted by atomic mass is 9.95. The molecule has 0 radical (unpaired) electrons. The van der Waals surface area contributed by atoms with E-state index in [0.717, 1.165) is 6.42 Å². The fourth-order valence-electron chi connectivity index (χ4n) is 3.88. The molecular formula is C24H26N3O5+. The van der Waals surface area contributed by atoms with E-state index < -0.39 is 23.5 Å². The van der Waals surface area contributed by atoms with Crippen LogP contribution in [0.5, 0.6) is 5.75 Å². The zero-order valence-electron chi connectivity index (χ0n) is 17.9. The summed E-state index contributed by atoms with van der Waals surface area (Å²) < 4.78 is 13.0. The van der Waals surface area contributed by atoms with Gasteiger partial charge in [-0.05, 0) is 36.2 Å². The number of ether oxygens (including phenoxy) is 1. The number of H-pyrrole nitrogens is 1. The van der Waals surface area contributed by atoms with Gasteiger partial charge in [-0.2, -0.15) is 0 Å². The zero-order valence-corrected chi connectivity index (χ0v) is 17.9. The van der Waals surface area contributed by atoms with Crippen molar-refractivity contribution in [1.29, 1.82) is 0 Å². The third-order valence-corrected chi connectivity index (χ3v) is 5.36. The van der Waals surface area contributed by atoms with Crippen molar-refractivity contribution in [3.63, 3.8) is 0 Å². The number of benzene rings is 1. The van der Waals surface area contributed by atoms with Crippen LogP contribution in [0, 0.1) is 0 Å². The van der Waals surface area contributed by atoms with Crippen molar-refractivity contribution in [3.8, 4) is 5.75 Å². The molecule has 3 aromatic rings. The van der Waals surface area contributed by atoms with Gasteiger partial charge in [0.1, 0.15) is 18.1 Å². The van der Waals surface area contributed by atoms with Crippen LogP contribution in [0.4, 0.5) is 0 Å². The predicted molar refractivity (Wildman–Crippen MR) is 115 cm³/mol. The number of ketones is 1. The molecule has 4 rings (SSSR count). The minimum absolute atomic E-state index is 0.0203. The summed E-state index contributed by atoms with van der Waals surface area (Å²) in [5.41, 5.74) is 0.715. The summed E-state index contributed by atoms with van der Waals surface area (Å²) in [4.78, 5) is 30.7. The van der Waals surface area contributed by atoms with Crippen LogP contribution in [0.15, 0.2) is 77.1 Å². The minimum Gasteiger partial charge on any atom is -0.503 e. The predicted octanol–water partition coefficient (Wildman–Crippen LogP) is 3.35. The second kappa shape index (κ2) is 9.55. The summed E-state index contributed by atoms with van der Waals surface area (Å²) in [5, 5.41) is 10.7. The largest absolute Gasteiger partial charge is 0.503 e. The van der Waals surface area contributed by atoms with Gasteiger partial charge in [0.2, 0.25) is 12.1 Å². The Morgan fingerprint density at radius 1 is 1.31 bits per heavy atom. The van der Waals surface area contributed by atoms with E-state index in [9.17, 15) is 14.7 Å². The molecule has 0 spiro atoms. The van der Waals surface area contributed by atoms with E-state index in [1.807, 2.05) is 54.5 Å². The smallest absolute Gasteiger partial charge is 0.290 e. The molecule has 3 heterocycles. The van der Waals surface area contributed by atoms with E-state index in [4.69, 9.17) is 9.15 Å². The van der Waals surface area contributed by atoms with Gasteiger partial charge in [0.05, 0.1) is 31.0 Å². The van der Waals surface area contributed by atoms with Crippen molar-refractivity contribution in [3.05, 3.63) is 84.0 Å². The molecule has 1 aliphatic rings. The lowest BCUT2D eigenvalue weighted by Gasteiger charge is -2.26. The first-order valence-electron chi connectivity index (χ1n) is 10.7. The van der Waals surface area contributed by atoms with Gasteiger partial charge in [-0.15, -0.1) is 0 Å². The average molecular weight is 436 g/mol. The number of carbonyl (C=O) groups is 2. The number of aromatic nitrogens is 2. The normalized spacial score (nSPS) is 16.1. The molecule has 1 unspecified atom stereocenters. The molecule has 8 heteroatoms. The molecular weight excluding hydrogens is 410 g/mol. The van der Waals surface area contributed by atoms with Crippen LogP contribution in [0.1, 0.15) is 41.9 Å². The van der Waals surface area contributed by atoms with Crippen molar-refractivity contribution < 1.29 is 28.4 Å². The Kier molecular flexibility index (Phi) is 6.39. The van der Waals surface area contributed by atoms with Gasteiger partial charge < -0.3 is 19.2 Å². The highest BCUT2D eigenvalue weighted by Crippen LogP contribution is 2.40. The van der Waals surface area contributed by atoms with E-state index in [2.05, 4.69) is 4.98 Å². The van der Waals surface area contributed by atoms with Crippen molar-refractivity contribution >= 4 is 11.7 Å². The Balaban J connectivity index is 1.66. The van der Waals surface area contributed by atoms with Crippen LogP contribution >= 0.6 is 0 Å². The molecule has 2 aromatic heterocycles. The number of nitrogens with one attached hydrogen (secondary N) is 1. The summed E-state index contributed by atoms with van der Waals surface area (Å²) >= 11 is 0.